The smallest absolute Gasteiger partial charge is 0.256 e. The van der Waals surface area contributed by atoms with Crippen molar-refractivity contribution in [2.24, 2.45) is 0 Å². The number of sulfonamides is 1. The number of nitrogens with zero attached hydrogens (tertiary/aromatic N) is 2. The van der Waals surface area contributed by atoms with E-state index in [1.165, 1.54) is 12.1 Å². The van der Waals surface area contributed by atoms with Gasteiger partial charge in [0.2, 0.25) is 10.0 Å². The van der Waals surface area contributed by atoms with E-state index in [4.69, 9.17) is 0 Å². The normalized spacial score (nSPS) is 15.7. The summed E-state index contributed by atoms with van der Waals surface area (Å²) in [5.74, 6) is -1.03. The van der Waals surface area contributed by atoms with Gasteiger partial charge >= 0.3 is 0 Å². The van der Waals surface area contributed by atoms with Crippen molar-refractivity contribution >= 4 is 38.2 Å². The van der Waals surface area contributed by atoms with Gasteiger partial charge in [-0.25, -0.2) is 12.8 Å². The minimum atomic E-state index is -3.52. The van der Waals surface area contributed by atoms with Crippen molar-refractivity contribution in [1.82, 2.24) is 4.98 Å². The Kier molecular flexibility index (Phi) is 4.50. The molecule has 1 aromatic heterocycles. The number of carbonyl (C=O) groups is 1. The molecular formula is C20H18FN3O3S. The molecule has 0 aliphatic carbocycles. The lowest BCUT2D eigenvalue weighted by molar-refractivity contribution is 0.102. The van der Waals surface area contributed by atoms with Crippen molar-refractivity contribution in [1.29, 1.82) is 0 Å². The van der Waals surface area contributed by atoms with Crippen LogP contribution in [-0.4, -0.2) is 31.6 Å². The highest BCUT2D eigenvalue weighted by Crippen LogP contribution is 2.30. The second-order valence-corrected chi connectivity index (χ2v) is 8.70. The average molecular weight is 399 g/mol. The Balaban J connectivity index is 1.69. The van der Waals surface area contributed by atoms with E-state index >= 15 is 0 Å². The number of aromatic nitrogens is 1. The van der Waals surface area contributed by atoms with Crippen LogP contribution in [0.25, 0.3) is 10.9 Å². The van der Waals surface area contributed by atoms with Crippen LogP contribution >= 0.6 is 0 Å². The summed E-state index contributed by atoms with van der Waals surface area (Å²) in [6, 6.07) is 12.9. The van der Waals surface area contributed by atoms with Gasteiger partial charge in [0.15, 0.2) is 0 Å². The van der Waals surface area contributed by atoms with Gasteiger partial charge in [0.05, 0.1) is 22.5 Å². The van der Waals surface area contributed by atoms with Crippen LogP contribution in [0, 0.1) is 12.7 Å². The predicted octanol–water partition coefficient (Wildman–Crippen LogP) is 3.47. The van der Waals surface area contributed by atoms with Crippen LogP contribution in [0.5, 0.6) is 0 Å². The number of amides is 1. The molecule has 0 radical (unpaired) electrons. The summed E-state index contributed by atoms with van der Waals surface area (Å²) in [4.78, 5) is 17.3. The van der Waals surface area contributed by atoms with E-state index in [2.05, 4.69) is 10.3 Å². The number of benzene rings is 2. The van der Waals surface area contributed by atoms with Crippen molar-refractivity contribution in [3.05, 3.63) is 65.6 Å². The topological polar surface area (TPSA) is 79.4 Å². The van der Waals surface area contributed by atoms with Crippen LogP contribution in [0.4, 0.5) is 15.8 Å². The molecule has 2 aromatic carbocycles. The van der Waals surface area contributed by atoms with E-state index in [1.54, 1.807) is 13.0 Å². The highest BCUT2D eigenvalue weighted by Gasteiger charge is 2.30. The summed E-state index contributed by atoms with van der Waals surface area (Å²) in [5, 5.41) is 3.44. The molecule has 0 bridgehead atoms. The van der Waals surface area contributed by atoms with Gasteiger partial charge in [-0.3, -0.25) is 14.1 Å². The van der Waals surface area contributed by atoms with Gasteiger partial charge < -0.3 is 5.32 Å². The summed E-state index contributed by atoms with van der Waals surface area (Å²) in [6.07, 6.45) is 0.445. The Morgan fingerprint density at radius 2 is 1.96 bits per heavy atom. The molecule has 28 heavy (non-hydrogen) atoms. The zero-order chi connectivity index (χ0) is 19.9. The first-order valence-electron chi connectivity index (χ1n) is 8.83. The number of para-hydroxylation sites is 1. The molecule has 8 heteroatoms. The van der Waals surface area contributed by atoms with Gasteiger partial charge in [0, 0.05) is 23.3 Å². The van der Waals surface area contributed by atoms with Gasteiger partial charge in [-0.1, -0.05) is 18.2 Å². The number of carbonyl (C=O) groups excluding carboxylic acids is 1. The Labute approximate surface area is 162 Å². The molecule has 6 nitrogen and oxygen atoms in total. The molecule has 3 aromatic rings. The molecule has 0 saturated carbocycles. The number of rotatable bonds is 3. The van der Waals surface area contributed by atoms with Gasteiger partial charge in [0.1, 0.15) is 5.82 Å². The van der Waals surface area contributed by atoms with E-state index in [9.17, 15) is 17.6 Å². The zero-order valence-corrected chi connectivity index (χ0v) is 16.0. The van der Waals surface area contributed by atoms with E-state index in [0.29, 0.717) is 34.3 Å². The molecule has 1 fully saturated rings. The summed E-state index contributed by atoms with van der Waals surface area (Å²) in [7, 11) is -3.52. The number of halogens is 1. The standard InChI is InChI=1S/C20H18FN3O3S/c1-13-11-16(15-5-2-3-6-18(15)22-13)20(25)23-14-7-8-17(21)19(12-14)24-9-4-10-28(24,26)27/h2-3,5-8,11-12H,4,9-10H2,1H3,(H,23,25). The Hall–Kier alpha value is -3.00. The van der Waals surface area contributed by atoms with Crippen LogP contribution in [0.2, 0.25) is 0 Å². The number of aryl methyl sites for hydroxylation is 1. The summed E-state index contributed by atoms with van der Waals surface area (Å²) in [5.41, 5.74) is 2.12. The zero-order valence-electron chi connectivity index (χ0n) is 15.1. The van der Waals surface area contributed by atoms with Crippen LogP contribution in [0.15, 0.2) is 48.5 Å². The molecule has 0 spiro atoms. The summed E-state index contributed by atoms with van der Waals surface area (Å²) in [6.45, 7) is 2.03. The lowest BCUT2D eigenvalue weighted by atomic mass is 10.1. The summed E-state index contributed by atoms with van der Waals surface area (Å²) < 4.78 is 39.6. The first-order valence-corrected chi connectivity index (χ1v) is 10.4. The third kappa shape index (κ3) is 3.31. The molecule has 1 N–H and O–H groups in total. The maximum Gasteiger partial charge on any atom is 0.256 e. The number of hydrogen-bond acceptors (Lipinski definition) is 4. The first kappa shape index (κ1) is 18.4. The second kappa shape index (κ2) is 6.87. The van der Waals surface area contributed by atoms with Gasteiger partial charge in [-0.05, 0) is 43.7 Å². The van der Waals surface area contributed by atoms with Crippen molar-refractivity contribution in [2.45, 2.75) is 13.3 Å². The minimum absolute atomic E-state index is 0.00862. The van der Waals surface area contributed by atoms with Crippen molar-refractivity contribution in [3.8, 4) is 0 Å². The quantitative estimate of drug-likeness (QED) is 0.731. The van der Waals surface area contributed by atoms with Crippen LogP contribution in [0.1, 0.15) is 22.5 Å². The second-order valence-electron chi connectivity index (χ2n) is 6.69. The fourth-order valence-electron chi connectivity index (χ4n) is 3.39. The van der Waals surface area contributed by atoms with Crippen LogP contribution < -0.4 is 9.62 Å². The number of fused-ring (bicyclic) bond motifs is 1. The fourth-order valence-corrected chi connectivity index (χ4v) is 4.95. The molecule has 1 amide bonds. The molecule has 0 atom stereocenters. The molecule has 1 aliphatic rings. The van der Waals surface area contributed by atoms with Crippen LogP contribution in [0.3, 0.4) is 0 Å². The van der Waals surface area contributed by atoms with E-state index in [-0.39, 0.29) is 23.9 Å². The first-order chi connectivity index (χ1) is 13.3. The summed E-state index contributed by atoms with van der Waals surface area (Å²) >= 11 is 0. The fraction of sp³-hybridized carbons (Fsp3) is 0.200. The number of hydrogen-bond donors (Lipinski definition) is 1. The third-order valence-electron chi connectivity index (χ3n) is 4.66. The number of anilines is 2. The average Bonchev–Trinajstić information content (AvgIpc) is 3.01. The molecule has 1 saturated heterocycles. The maximum atomic E-state index is 14.3. The van der Waals surface area contributed by atoms with Crippen molar-refractivity contribution in [3.63, 3.8) is 0 Å². The highest BCUT2D eigenvalue weighted by atomic mass is 32.2. The third-order valence-corrected chi connectivity index (χ3v) is 6.52. The Morgan fingerprint density at radius 1 is 1.18 bits per heavy atom. The molecule has 4 rings (SSSR count). The molecule has 0 unspecified atom stereocenters. The van der Waals surface area contributed by atoms with Crippen molar-refractivity contribution in [2.75, 3.05) is 21.9 Å². The Bertz CT molecular complexity index is 1190. The van der Waals surface area contributed by atoms with Gasteiger partial charge in [-0.15, -0.1) is 0 Å². The molecule has 2 heterocycles. The minimum Gasteiger partial charge on any atom is -0.322 e. The predicted molar refractivity (Wildman–Crippen MR) is 107 cm³/mol. The molecule has 144 valence electrons. The SMILES string of the molecule is Cc1cc(C(=O)Nc2ccc(F)c(N3CCCS3(=O)=O)c2)c2ccccc2n1. The number of pyridine rings is 1. The number of nitrogens with one attached hydrogen (secondary N) is 1. The monoisotopic (exact) mass is 399 g/mol. The maximum absolute atomic E-state index is 14.3. The van der Waals surface area contributed by atoms with Crippen molar-refractivity contribution < 1.29 is 17.6 Å². The van der Waals surface area contributed by atoms with E-state index in [0.717, 1.165) is 10.4 Å². The highest BCUT2D eigenvalue weighted by molar-refractivity contribution is 7.93. The lowest BCUT2D eigenvalue weighted by Crippen LogP contribution is -2.26. The molecule has 1 aliphatic heterocycles. The molecular weight excluding hydrogens is 381 g/mol. The Morgan fingerprint density at radius 3 is 2.71 bits per heavy atom. The lowest BCUT2D eigenvalue weighted by Gasteiger charge is -2.18. The van der Waals surface area contributed by atoms with E-state index in [1.807, 2.05) is 24.3 Å². The largest absolute Gasteiger partial charge is 0.322 e. The van der Waals surface area contributed by atoms with Crippen LogP contribution in [-0.2, 0) is 10.0 Å². The van der Waals surface area contributed by atoms with E-state index < -0.39 is 15.8 Å². The van der Waals surface area contributed by atoms with Gasteiger partial charge in [0.25, 0.3) is 5.91 Å². The van der Waals surface area contributed by atoms with Gasteiger partial charge in [-0.2, -0.15) is 0 Å².